The number of aryl methyl sites for hydroxylation is 1. The van der Waals surface area contributed by atoms with E-state index in [-0.39, 0.29) is 24.0 Å². The summed E-state index contributed by atoms with van der Waals surface area (Å²) in [7, 11) is 1.84. The third-order valence-corrected chi connectivity index (χ3v) is 6.13. The third kappa shape index (κ3) is 4.04. The summed E-state index contributed by atoms with van der Waals surface area (Å²) in [4.78, 5) is 8.88. The number of nitrogens with zero attached hydrogens (tertiary/aromatic N) is 2. The maximum atomic E-state index is 5.91. The van der Waals surface area contributed by atoms with Crippen LogP contribution in [0.1, 0.15) is 43.3 Å². The van der Waals surface area contributed by atoms with Crippen LogP contribution in [0.4, 0.5) is 0 Å². The van der Waals surface area contributed by atoms with Crippen molar-refractivity contribution in [3.63, 3.8) is 0 Å². The molecular weight excluding hydrogens is 435 g/mol. The minimum absolute atomic E-state index is 0. The van der Waals surface area contributed by atoms with E-state index in [4.69, 9.17) is 4.74 Å². The van der Waals surface area contributed by atoms with Crippen molar-refractivity contribution in [2.75, 3.05) is 20.2 Å². The van der Waals surface area contributed by atoms with Crippen LogP contribution in [0.15, 0.2) is 10.4 Å². The number of thiazole rings is 1. The molecule has 7 heteroatoms. The zero-order valence-electron chi connectivity index (χ0n) is 14.8. The molecule has 3 rings (SSSR count). The second-order valence-corrected chi connectivity index (χ2v) is 7.63. The van der Waals surface area contributed by atoms with Crippen molar-refractivity contribution in [2.45, 2.75) is 58.1 Å². The van der Waals surface area contributed by atoms with Gasteiger partial charge in [-0.2, -0.15) is 0 Å². The molecule has 2 N–H and O–H groups in total. The van der Waals surface area contributed by atoms with Crippen LogP contribution >= 0.6 is 35.3 Å². The fourth-order valence-corrected chi connectivity index (χ4v) is 4.48. The van der Waals surface area contributed by atoms with E-state index in [1.54, 1.807) is 11.3 Å². The van der Waals surface area contributed by atoms with Crippen molar-refractivity contribution in [2.24, 2.45) is 10.4 Å². The number of hydrogen-bond acceptors (Lipinski definition) is 4. The number of rotatable bonds is 6. The smallest absolute Gasteiger partial charge is 0.191 e. The molecule has 1 spiro atoms. The first-order chi connectivity index (χ1) is 11.2. The van der Waals surface area contributed by atoms with Gasteiger partial charge in [0, 0.05) is 43.5 Å². The molecule has 2 aliphatic rings. The number of aliphatic imine (C=N–C) groups is 1. The Labute approximate surface area is 166 Å². The molecule has 0 aliphatic heterocycles. The van der Waals surface area contributed by atoms with E-state index in [9.17, 15) is 0 Å². The number of aromatic nitrogens is 1. The minimum Gasteiger partial charge on any atom is -0.378 e. The molecule has 1 heterocycles. The summed E-state index contributed by atoms with van der Waals surface area (Å²) in [5, 5.41) is 10.3. The zero-order valence-corrected chi connectivity index (χ0v) is 17.9. The van der Waals surface area contributed by atoms with Crippen LogP contribution in [0.3, 0.4) is 0 Å². The quantitative estimate of drug-likeness (QED) is 0.386. The van der Waals surface area contributed by atoms with Gasteiger partial charge >= 0.3 is 0 Å². The third-order valence-electron chi connectivity index (χ3n) is 5.31. The SMILES string of the molecule is CCOC1CC(NC(=NC)NCCc2csc(C)n2)C12CCC2.I. The van der Waals surface area contributed by atoms with E-state index in [0.717, 1.165) is 42.7 Å². The maximum Gasteiger partial charge on any atom is 0.191 e. The summed E-state index contributed by atoms with van der Waals surface area (Å²) >= 11 is 1.71. The molecule has 0 aromatic carbocycles. The Morgan fingerprint density at radius 3 is 2.83 bits per heavy atom. The predicted octanol–water partition coefficient (Wildman–Crippen LogP) is 3.12. The summed E-state index contributed by atoms with van der Waals surface area (Å²) in [6.45, 7) is 5.82. The molecule has 2 unspecified atom stereocenters. The molecule has 1 aromatic rings. The lowest BCUT2D eigenvalue weighted by atomic mass is 9.51. The number of hydrogen-bond donors (Lipinski definition) is 2. The highest BCUT2D eigenvalue weighted by atomic mass is 127. The number of ether oxygens (including phenoxy) is 1. The fraction of sp³-hybridized carbons (Fsp3) is 0.765. The molecule has 1 aromatic heterocycles. The van der Waals surface area contributed by atoms with Crippen LogP contribution in [0, 0.1) is 12.3 Å². The normalized spacial score (nSPS) is 24.7. The van der Waals surface area contributed by atoms with Crippen molar-refractivity contribution >= 4 is 41.3 Å². The van der Waals surface area contributed by atoms with Gasteiger partial charge in [0.15, 0.2) is 5.96 Å². The van der Waals surface area contributed by atoms with Gasteiger partial charge in [0.1, 0.15) is 0 Å². The molecule has 2 atom stereocenters. The molecular formula is C17H29IN4OS. The Kier molecular flexibility index (Phi) is 7.30. The van der Waals surface area contributed by atoms with Crippen molar-refractivity contribution in [1.29, 1.82) is 0 Å². The molecule has 2 aliphatic carbocycles. The van der Waals surface area contributed by atoms with Crippen molar-refractivity contribution < 1.29 is 4.74 Å². The Hall–Kier alpha value is -0.410. The molecule has 0 saturated heterocycles. The largest absolute Gasteiger partial charge is 0.378 e. The Morgan fingerprint density at radius 1 is 1.50 bits per heavy atom. The molecule has 2 fully saturated rings. The highest BCUT2D eigenvalue weighted by Crippen LogP contribution is 2.57. The van der Waals surface area contributed by atoms with Gasteiger partial charge in [-0.3, -0.25) is 4.99 Å². The van der Waals surface area contributed by atoms with Gasteiger partial charge in [-0.05, 0) is 33.1 Å². The van der Waals surface area contributed by atoms with E-state index in [2.05, 4.69) is 32.9 Å². The number of halogens is 1. The van der Waals surface area contributed by atoms with Crippen LogP contribution in [0.5, 0.6) is 0 Å². The van der Waals surface area contributed by atoms with Crippen LogP contribution in [-0.4, -0.2) is 43.3 Å². The van der Waals surface area contributed by atoms with Crippen molar-refractivity contribution in [3.8, 4) is 0 Å². The van der Waals surface area contributed by atoms with Crippen molar-refractivity contribution in [3.05, 3.63) is 16.1 Å². The molecule has 5 nitrogen and oxygen atoms in total. The van der Waals surface area contributed by atoms with Gasteiger partial charge in [0.25, 0.3) is 0 Å². The summed E-state index contributed by atoms with van der Waals surface area (Å²) in [6, 6.07) is 0.500. The summed E-state index contributed by atoms with van der Waals surface area (Å²) in [6.07, 6.45) is 6.36. The maximum absolute atomic E-state index is 5.91. The highest BCUT2D eigenvalue weighted by Gasteiger charge is 2.59. The molecule has 24 heavy (non-hydrogen) atoms. The van der Waals surface area contributed by atoms with Gasteiger partial charge in [0.2, 0.25) is 0 Å². The molecule has 2 saturated carbocycles. The predicted molar refractivity (Wildman–Crippen MR) is 111 cm³/mol. The molecule has 136 valence electrons. The Balaban J connectivity index is 0.00000208. The molecule has 0 bridgehead atoms. The fourth-order valence-electron chi connectivity index (χ4n) is 3.83. The highest BCUT2D eigenvalue weighted by molar-refractivity contribution is 14.0. The summed E-state index contributed by atoms with van der Waals surface area (Å²) < 4.78 is 5.91. The molecule has 0 radical (unpaired) electrons. The van der Waals surface area contributed by atoms with Crippen molar-refractivity contribution in [1.82, 2.24) is 15.6 Å². The van der Waals surface area contributed by atoms with Gasteiger partial charge in [-0.15, -0.1) is 35.3 Å². The lowest BCUT2D eigenvalue weighted by Crippen LogP contribution is -2.68. The Morgan fingerprint density at radius 2 is 2.29 bits per heavy atom. The molecule has 0 amide bonds. The zero-order chi connectivity index (χ0) is 16.3. The standard InChI is InChI=1S/C17H28N4OS.HI/c1-4-22-15-10-14(17(15)7-5-8-17)21-16(18-3)19-9-6-13-11-23-12(2)20-13;/h11,14-15H,4-10H2,1-3H3,(H2,18,19,21);1H. The van der Waals surface area contributed by atoms with Crippen LogP contribution in [0.2, 0.25) is 0 Å². The van der Waals surface area contributed by atoms with Gasteiger partial charge in [0.05, 0.1) is 16.8 Å². The minimum atomic E-state index is 0. The van der Waals surface area contributed by atoms with E-state index in [0.29, 0.717) is 17.6 Å². The van der Waals surface area contributed by atoms with E-state index >= 15 is 0 Å². The lowest BCUT2D eigenvalue weighted by Gasteiger charge is -2.61. The summed E-state index contributed by atoms with van der Waals surface area (Å²) in [5.41, 5.74) is 1.52. The van der Waals surface area contributed by atoms with Crippen LogP contribution in [-0.2, 0) is 11.2 Å². The van der Waals surface area contributed by atoms with E-state index < -0.39 is 0 Å². The first kappa shape index (κ1) is 19.9. The first-order valence-corrected chi connectivity index (χ1v) is 9.55. The summed E-state index contributed by atoms with van der Waals surface area (Å²) in [5.74, 6) is 0.906. The van der Waals surface area contributed by atoms with E-state index in [1.165, 1.54) is 19.3 Å². The van der Waals surface area contributed by atoms with Gasteiger partial charge < -0.3 is 15.4 Å². The van der Waals surface area contributed by atoms with Gasteiger partial charge in [-0.1, -0.05) is 6.42 Å². The number of nitrogens with one attached hydrogen (secondary N) is 2. The van der Waals surface area contributed by atoms with Gasteiger partial charge in [-0.25, -0.2) is 4.98 Å². The second-order valence-electron chi connectivity index (χ2n) is 6.57. The number of guanidine groups is 1. The average Bonchev–Trinajstić information content (AvgIpc) is 2.88. The van der Waals surface area contributed by atoms with E-state index in [1.807, 2.05) is 14.0 Å². The first-order valence-electron chi connectivity index (χ1n) is 8.67. The average molecular weight is 464 g/mol. The topological polar surface area (TPSA) is 58.5 Å². The second kappa shape index (κ2) is 8.80. The monoisotopic (exact) mass is 464 g/mol. The van der Waals surface area contributed by atoms with Crippen LogP contribution in [0.25, 0.3) is 0 Å². The van der Waals surface area contributed by atoms with Crippen LogP contribution < -0.4 is 10.6 Å². The lowest BCUT2D eigenvalue weighted by molar-refractivity contribution is -0.168. The Bertz CT molecular complexity index is 559.